The molecule has 7 rings (SSSR count). The standard InChI is InChI=1S/C40H36N4O2.Pd/c1-6-35-40(27-13-9-8-10-14-27)36(7-2)44(42-35)29-21-28(26(3)4)22-32(23-29)46-31-17-18-34-33-15-11-12-16-37(33)43(38(34)24-31)39-25-30(45-5)19-20-41-39;/h8-22,25-26H,6-7H2,1-5H3;/q-2;+2. The minimum absolute atomic E-state index is 0. The van der Waals surface area contributed by atoms with Gasteiger partial charge in [0.1, 0.15) is 11.6 Å². The van der Waals surface area contributed by atoms with Crippen LogP contribution in [0, 0.1) is 12.1 Å². The first-order valence-electron chi connectivity index (χ1n) is 15.9. The quantitative estimate of drug-likeness (QED) is 0.111. The maximum absolute atomic E-state index is 6.58. The van der Waals surface area contributed by atoms with Gasteiger partial charge in [0, 0.05) is 40.5 Å². The number of para-hydroxylation sites is 1. The largest absolute Gasteiger partial charge is 2.00 e. The summed E-state index contributed by atoms with van der Waals surface area (Å²) in [5.74, 6) is 2.99. The van der Waals surface area contributed by atoms with Gasteiger partial charge in [0.15, 0.2) is 0 Å². The summed E-state index contributed by atoms with van der Waals surface area (Å²) < 4.78 is 16.3. The molecule has 0 aliphatic heterocycles. The van der Waals surface area contributed by atoms with Crippen molar-refractivity contribution < 1.29 is 29.9 Å². The molecular weight excluding hydrogens is 675 g/mol. The number of pyridine rings is 1. The van der Waals surface area contributed by atoms with E-state index in [9.17, 15) is 0 Å². The Balaban J connectivity index is 0.00000386. The smallest absolute Gasteiger partial charge is 0.509 e. The molecule has 0 atom stereocenters. The number of ether oxygens (including phenoxy) is 2. The SMILES string of the molecule is CCc1nn(-c2[c-]c(Oc3[c-]c4c(cc3)c3ccccc3n4-c3cc(OC)ccn3)cc(C(C)C)c2)c(CC)c1-c1ccccc1.[Pd+2]. The zero-order valence-electron chi connectivity index (χ0n) is 27.2. The third-order valence-electron chi connectivity index (χ3n) is 8.49. The van der Waals surface area contributed by atoms with Gasteiger partial charge in [0.05, 0.1) is 12.8 Å². The van der Waals surface area contributed by atoms with E-state index < -0.39 is 0 Å². The Bertz CT molecular complexity index is 2180. The van der Waals surface area contributed by atoms with Crippen molar-refractivity contribution in [1.82, 2.24) is 19.3 Å². The summed E-state index contributed by atoms with van der Waals surface area (Å²) in [4.78, 5) is 4.68. The predicted molar refractivity (Wildman–Crippen MR) is 185 cm³/mol. The number of nitrogens with zero attached hydrogens (tertiary/aromatic N) is 4. The van der Waals surface area contributed by atoms with Crippen LogP contribution in [0.25, 0.3) is 44.4 Å². The second-order valence-electron chi connectivity index (χ2n) is 11.7. The monoisotopic (exact) mass is 710 g/mol. The average molecular weight is 711 g/mol. The van der Waals surface area contributed by atoms with E-state index in [0.29, 0.717) is 11.5 Å². The molecule has 0 unspecified atom stereocenters. The molecule has 7 aromatic rings. The summed E-state index contributed by atoms with van der Waals surface area (Å²) in [5, 5.41) is 7.31. The molecule has 6 nitrogen and oxygen atoms in total. The predicted octanol–water partition coefficient (Wildman–Crippen LogP) is 9.68. The maximum Gasteiger partial charge on any atom is 2.00 e. The Kier molecular flexibility index (Phi) is 9.31. The summed E-state index contributed by atoms with van der Waals surface area (Å²) in [6, 6.07) is 38.1. The Morgan fingerprint density at radius 3 is 2.34 bits per heavy atom. The van der Waals surface area contributed by atoms with Crippen LogP contribution in [-0.2, 0) is 33.3 Å². The third-order valence-corrected chi connectivity index (χ3v) is 8.49. The molecule has 0 saturated carbocycles. The van der Waals surface area contributed by atoms with E-state index in [2.05, 4.69) is 121 Å². The number of hydrogen-bond acceptors (Lipinski definition) is 4. The van der Waals surface area contributed by atoms with E-state index in [0.717, 1.165) is 68.9 Å². The van der Waals surface area contributed by atoms with Crippen molar-refractivity contribution >= 4 is 21.8 Å². The Labute approximate surface area is 289 Å². The van der Waals surface area contributed by atoms with Gasteiger partial charge in [-0.15, -0.1) is 41.3 Å². The van der Waals surface area contributed by atoms with Crippen LogP contribution in [0.4, 0.5) is 0 Å². The van der Waals surface area contributed by atoms with E-state index in [-0.39, 0.29) is 26.3 Å². The van der Waals surface area contributed by atoms with Gasteiger partial charge in [-0.2, -0.15) is 11.2 Å². The third kappa shape index (κ3) is 5.98. The number of hydrogen-bond donors (Lipinski definition) is 0. The normalized spacial score (nSPS) is 11.3. The fourth-order valence-electron chi connectivity index (χ4n) is 6.21. The molecule has 7 heteroatoms. The number of rotatable bonds is 9. The van der Waals surface area contributed by atoms with Crippen molar-refractivity contribution in [2.24, 2.45) is 0 Å². The maximum atomic E-state index is 6.58. The van der Waals surface area contributed by atoms with Crippen LogP contribution in [0.1, 0.15) is 50.6 Å². The fraction of sp³-hybridized carbons (Fsp3) is 0.200. The van der Waals surface area contributed by atoms with Crippen LogP contribution in [0.5, 0.6) is 17.2 Å². The van der Waals surface area contributed by atoms with Crippen LogP contribution in [-0.4, -0.2) is 26.4 Å². The minimum Gasteiger partial charge on any atom is -0.509 e. The molecular formula is C40H36N4O2Pd. The molecule has 0 spiro atoms. The van der Waals surface area contributed by atoms with Gasteiger partial charge in [-0.25, -0.2) is 4.98 Å². The fourth-order valence-corrected chi connectivity index (χ4v) is 6.21. The molecule has 238 valence electrons. The van der Waals surface area contributed by atoms with Crippen molar-refractivity contribution in [1.29, 1.82) is 0 Å². The zero-order valence-corrected chi connectivity index (χ0v) is 28.7. The van der Waals surface area contributed by atoms with Gasteiger partial charge in [0.25, 0.3) is 0 Å². The van der Waals surface area contributed by atoms with E-state index in [1.807, 2.05) is 24.3 Å². The first-order valence-corrected chi connectivity index (χ1v) is 15.9. The minimum atomic E-state index is 0. The van der Waals surface area contributed by atoms with Crippen LogP contribution >= 0.6 is 0 Å². The van der Waals surface area contributed by atoms with Crippen LogP contribution in [0.2, 0.25) is 0 Å². The van der Waals surface area contributed by atoms with Crippen molar-refractivity contribution in [2.75, 3.05) is 7.11 Å². The molecule has 4 aromatic carbocycles. The zero-order chi connectivity index (χ0) is 31.8. The first kappa shape index (κ1) is 32.3. The van der Waals surface area contributed by atoms with Crippen molar-refractivity contribution in [3.63, 3.8) is 0 Å². The van der Waals surface area contributed by atoms with Gasteiger partial charge in [0.2, 0.25) is 0 Å². The van der Waals surface area contributed by atoms with E-state index in [1.165, 1.54) is 11.1 Å². The number of benzene rings is 4. The summed E-state index contributed by atoms with van der Waals surface area (Å²) in [7, 11) is 1.66. The molecule has 0 aliphatic rings. The number of methoxy groups -OCH3 is 1. The van der Waals surface area contributed by atoms with E-state index in [1.54, 1.807) is 13.3 Å². The number of fused-ring (bicyclic) bond motifs is 3. The summed E-state index contributed by atoms with van der Waals surface area (Å²) in [6.07, 6.45) is 3.43. The Morgan fingerprint density at radius 2 is 1.60 bits per heavy atom. The number of aromatic nitrogens is 4. The van der Waals surface area contributed by atoms with Gasteiger partial charge < -0.3 is 14.0 Å². The molecule has 3 aromatic heterocycles. The molecule has 3 heterocycles. The van der Waals surface area contributed by atoms with Gasteiger partial charge in [-0.1, -0.05) is 81.7 Å². The molecule has 0 fully saturated rings. The van der Waals surface area contributed by atoms with Gasteiger partial charge in [-0.3, -0.25) is 4.68 Å². The second-order valence-corrected chi connectivity index (χ2v) is 11.7. The topological polar surface area (TPSA) is 54.1 Å². The molecule has 47 heavy (non-hydrogen) atoms. The van der Waals surface area contributed by atoms with Crippen LogP contribution < -0.4 is 9.47 Å². The summed E-state index contributed by atoms with van der Waals surface area (Å²) >= 11 is 0. The summed E-state index contributed by atoms with van der Waals surface area (Å²) in [6.45, 7) is 8.73. The molecule has 0 amide bonds. The van der Waals surface area contributed by atoms with Crippen molar-refractivity contribution in [2.45, 2.75) is 46.5 Å². The Hall–Kier alpha value is -4.70. The number of aryl methyl sites for hydroxylation is 1. The molecule has 0 aliphatic carbocycles. The van der Waals surface area contributed by atoms with E-state index >= 15 is 0 Å². The molecule has 0 bridgehead atoms. The van der Waals surface area contributed by atoms with Crippen LogP contribution in [0.3, 0.4) is 0 Å². The molecule has 0 radical (unpaired) electrons. The van der Waals surface area contributed by atoms with Crippen molar-refractivity contribution in [3.05, 3.63) is 126 Å². The Morgan fingerprint density at radius 1 is 0.809 bits per heavy atom. The van der Waals surface area contributed by atoms with Gasteiger partial charge in [-0.05, 0) is 47.5 Å². The average Bonchev–Trinajstić information content (AvgIpc) is 3.64. The molecule has 0 N–H and O–H groups in total. The van der Waals surface area contributed by atoms with E-state index in [4.69, 9.17) is 14.6 Å². The summed E-state index contributed by atoms with van der Waals surface area (Å²) in [5.41, 5.74) is 8.55. The van der Waals surface area contributed by atoms with Crippen molar-refractivity contribution in [3.8, 4) is 39.9 Å². The first-order chi connectivity index (χ1) is 22.5. The second kappa shape index (κ2) is 13.6. The molecule has 0 saturated heterocycles. The van der Waals surface area contributed by atoms with Crippen LogP contribution in [0.15, 0.2) is 97.2 Å². The van der Waals surface area contributed by atoms with Gasteiger partial charge >= 0.3 is 20.4 Å².